The van der Waals surface area contributed by atoms with Crippen molar-refractivity contribution in [1.82, 2.24) is 25.5 Å². The van der Waals surface area contributed by atoms with Gasteiger partial charge in [-0.3, -0.25) is 0 Å². The van der Waals surface area contributed by atoms with Crippen LogP contribution in [0, 0.1) is 11.3 Å². The third kappa shape index (κ3) is 5.73. The maximum absolute atomic E-state index is 11.6. The summed E-state index contributed by atoms with van der Waals surface area (Å²) in [5.74, 6) is 1.11. The molecule has 0 fully saturated rings. The van der Waals surface area contributed by atoms with E-state index in [4.69, 9.17) is 14.7 Å². The van der Waals surface area contributed by atoms with Crippen LogP contribution in [0.15, 0.2) is 24.3 Å². The third-order valence-corrected chi connectivity index (χ3v) is 3.12. The largest absolute Gasteiger partial charge is 0.491 e. The van der Waals surface area contributed by atoms with Gasteiger partial charge in [0, 0.05) is 0 Å². The van der Waals surface area contributed by atoms with Gasteiger partial charge in [0.1, 0.15) is 18.0 Å². The standard InChI is InChI=1S/C17H22N6O3/c1-17(2,3)26-16(24)19-10-12-25-14-8-5-4-7-13(14)15-20-21-22-23(15)11-6-9-18/h4-5,7-8H,6,10-12H2,1-3H3,(H,19,24). The van der Waals surface area contributed by atoms with E-state index in [-0.39, 0.29) is 6.61 Å². The van der Waals surface area contributed by atoms with Gasteiger partial charge < -0.3 is 14.8 Å². The first-order chi connectivity index (χ1) is 12.4. The van der Waals surface area contributed by atoms with E-state index in [1.165, 1.54) is 0 Å². The lowest BCUT2D eigenvalue weighted by molar-refractivity contribution is 0.0520. The van der Waals surface area contributed by atoms with Gasteiger partial charge in [0.25, 0.3) is 0 Å². The Morgan fingerprint density at radius 2 is 2.12 bits per heavy atom. The van der Waals surface area contributed by atoms with Crippen molar-refractivity contribution >= 4 is 6.09 Å². The Labute approximate surface area is 151 Å². The summed E-state index contributed by atoms with van der Waals surface area (Å²) >= 11 is 0. The van der Waals surface area contributed by atoms with E-state index in [0.29, 0.717) is 36.6 Å². The molecule has 0 saturated heterocycles. The molecule has 0 radical (unpaired) electrons. The normalized spacial score (nSPS) is 10.8. The third-order valence-electron chi connectivity index (χ3n) is 3.12. The van der Waals surface area contributed by atoms with Crippen molar-refractivity contribution in [3.8, 4) is 23.2 Å². The summed E-state index contributed by atoms with van der Waals surface area (Å²) in [6.07, 6.45) is -0.184. The van der Waals surface area contributed by atoms with Gasteiger partial charge in [0.15, 0.2) is 5.82 Å². The van der Waals surface area contributed by atoms with E-state index in [2.05, 4.69) is 26.9 Å². The summed E-state index contributed by atoms with van der Waals surface area (Å²) < 4.78 is 12.5. The molecular formula is C17H22N6O3. The SMILES string of the molecule is CC(C)(C)OC(=O)NCCOc1ccccc1-c1nnnn1CCC#N. The van der Waals surface area contributed by atoms with Crippen LogP contribution in [-0.2, 0) is 11.3 Å². The number of hydrogen-bond donors (Lipinski definition) is 1. The molecule has 0 spiro atoms. The van der Waals surface area contributed by atoms with Crippen LogP contribution < -0.4 is 10.1 Å². The number of carbonyl (C=O) groups is 1. The highest BCUT2D eigenvalue weighted by Gasteiger charge is 2.16. The molecule has 0 aliphatic carbocycles. The van der Waals surface area contributed by atoms with Crippen LogP contribution >= 0.6 is 0 Å². The fourth-order valence-electron chi connectivity index (χ4n) is 2.11. The second-order valence-corrected chi connectivity index (χ2v) is 6.41. The number of nitriles is 1. The lowest BCUT2D eigenvalue weighted by Crippen LogP contribution is -2.34. The highest BCUT2D eigenvalue weighted by atomic mass is 16.6. The summed E-state index contributed by atoms with van der Waals surface area (Å²) in [4.78, 5) is 11.6. The van der Waals surface area contributed by atoms with Gasteiger partial charge >= 0.3 is 6.09 Å². The number of hydrogen-bond acceptors (Lipinski definition) is 7. The van der Waals surface area contributed by atoms with Gasteiger partial charge in [-0.05, 0) is 43.3 Å². The first kappa shape index (κ1) is 19.2. The maximum Gasteiger partial charge on any atom is 0.407 e. The molecule has 0 aliphatic heterocycles. The molecule has 1 heterocycles. The predicted octanol–water partition coefficient (Wildman–Crippen LogP) is 2.16. The van der Waals surface area contributed by atoms with E-state index in [1.807, 2.05) is 18.2 Å². The Morgan fingerprint density at radius 3 is 2.85 bits per heavy atom. The molecular weight excluding hydrogens is 336 g/mol. The minimum absolute atomic E-state index is 0.260. The Morgan fingerprint density at radius 1 is 1.35 bits per heavy atom. The summed E-state index contributed by atoms with van der Waals surface area (Å²) in [6, 6.07) is 9.39. The molecule has 2 aromatic rings. The molecule has 0 bridgehead atoms. The summed E-state index contributed by atoms with van der Waals surface area (Å²) in [6.45, 7) is 6.35. The number of alkyl carbamates (subject to hydrolysis) is 1. The molecule has 0 aliphatic rings. The number of nitrogens with one attached hydrogen (secondary N) is 1. The molecule has 1 amide bonds. The first-order valence-electron chi connectivity index (χ1n) is 8.23. The fraction of sp³-hybridized carbons (Fsp3) is 0.471. The summed E-state index contributed by atoms with van der Waals surface area (Å²) in [5, 5.41) is 23.0. The number of carbonyl (C=O) groups excluding carboxylic acids is 1. The van der Waals surface area contributed by atoms with Gasteiger partial charge in [-0.1, -0.05) is 12.1 Å². The van der Waals surface area contributed by atoms with Crippen LogP contribution in [0.25, 0.3) is 11.4 Å². The molecule has 1 aromatic heterocycles. The average molecular weight is 358 g/mol. The van der Waals surface area contributed by atoms with E-state index in [1.54, 1.807) is 31.5 Å². The van der Waals surface area contributed by atoms with Crippen LogP contribution in [0.3, 0.4) is 0 Å². The molecule has 0 saturated carbocycles. The second kappa shape index (κ2) is 8.80. The van der Waals surface area contributed by atoms with Crippen molar-refractivity contribution in [2.75, 3.05) is 13.2 Å². The molecule has 138 valence electrons. The number of amides is 1. The Bertz CT molecular complexity index is 775. The molecule has 0 unspecified atom stereocenters. The Kier molecular flexibility index (Phi) is 6.49. The van der Waals surface area contributed by atoms with Crippen LogP contribution in [0.5, 0.6) is 5.75 Å². The van der Waals surface area contributed by atoms with Crippen LogP contribution in [0.1, 0.15) is 27.2 Å². The quantitative estimate of drug-likeness (QED) is 0.754. The van der Waals surface area contributed by atoms with Crippen molar-refractivity contribution in [1.29, 1.82) is 5.26 Å². The lowest BCUT2D eigenvalue weighted by atomic mass is 10.2. The monoisotopic (exact) mass is 358 g/mol. The van der Waals surface area contributed by atoms with Crippen molar-refractivity contribution in [3.05, 3.63) is 24.3 Å². The molecule has 1 aromatic carbocycles. The van der Waals surface area contributed by atoms with E-state index in [0.717, 1.165) is 0 Å². The van der Waals surface area contributed by atoms with Crippen molar-refractivity contribution in [3.63, 3.8) is 0 Å². The number of aryl methyl sites for hydroxylation is 1. The average Bonchev–Trinajstić information content (AvgIpc) is 3.04. The van der Waals surface area contributed by atoms with Gasteiger partial charge in [-0.25, -0.2) is 9.48 Å². The highest BCUT2D eigenvalue weighted by Crippen LogP contribution is 2.27. The molecule has 0 atom stereocenters. The number of benzene rings is 1. The fourth-order valence-corrected chi connectivity index (χ4v) is 2.11. The topological polar surface area (TPSA) is 115 Å². The molecule has 26 heavy (non-hydrogen) atoms. The van der Waals surface area contributed by atoms with Gasteiger partial charge in [0.05, 0.1) is 31.1 Å². The van der Waals surface area contributed by atoms with E-state index < -0.39 is 11.7 Å². The molecule has 2 rings (SSSR count). The zero-order valence-electron chi connectivity index (χ0n) is 15.1. The van der Waals surface area contributed by atoms with E-state index in [9.17, 15) is 4.79 Å². The maximum atomic E-state index is 11.6. The molecule has 9 nitrogen and oxygen atoms in total. The lowest BCUT2D eigenvalue weighted by Gasteiger charge is -2.19. The predicted molar refractivity (Wildman–Crippen MR) is 93.2 cm³/mol. The Balaban J connectivity index is 1.97. The minimum Gasteiger partial charge on any atom is -0.491 e. The summed E-state index contributed by atoms with van der Waals surface area (Å²) in [5.41, 5.74) is 0.172. The molecule has 1 N–H and O–H groups in total. The number of para-hydroxylation sites is 1. The second-order valence-electron chi connectivity index (χ2n) is 6.41. The zero-order chi connectivity index (χ0) is 19.0. The smallest absolute Gasteiger partial charge is 0.407 e. The molecule has 9 heteroatoms. The number of nitrogens with zero attached hydrogens (tertiary/aromatic N) is 5. The van der Waals surface area contributed by atoms with Crippen molar-refractivity contribution in [2.45, 2.75) is 39.3 Å². The van der Waals surface area contributed by atoms with Gasteiger partial charge in [-0.2, -0.15) is 5.26 Å². The van der Waals surface area contributed by atoms with Crippen LogP contribution in [0.4, 0.5) is 4.79 Å². The highest BCUT2D eigenvalue weighted by molar-refractivity contribution is 5.67. The Hall–Kier alpha value is -3.15. The van der Waals surface area contributed by atoms with E-state index >= 15 is 0 Å². The first-order valence-corrected chi connectivity index (χ1v) is 8.23. The number of ether oxygens (including phenoxy) is 2. The van der Waals surface area contributed by atoms with Crippen molar-refractivity contribution in [2.24, 2.45) is 0 Å². The van der Waals surface area contributed by atoms with Crippen LogP contribution in [0.2, 0.25) is 0 Å². The number of aromatic nitrogens is 4. The number of tetrazole rings is 1. The van der Waals surface area contributed by atoms with Gasteiger partial charge in [-0.15, -0.1) is 5.10 Å². The zero-order valence-corrected chi connectivity index (χ0v) is 15.1. The van der Waals surface area contributed by atoms with Gasteiger partial charge in [0.2, 0.25) is 0 Å². The van der Waals surface area contributed by atoms with Crippen molar-refractivity contribution < 1.29 is 14.3 Å². The number of rotatable bonds is 7. The summed E-state index contributed by atoms with van der Waals surface area (Å²) in [7, 11) is 0. The van der Waals surface area contributed by atoms with Crippen LogP contribution in [-0.4, -0.2) is 45.1 Å². The minimum atomic E-state index is -0.544.